The third-order valence-electron chi connectivity index (χ3n) is 3.23. The van der Waals surface area contributed by atoms with Crippen LogP contribution in [0.5, 0.6) is 5.75 Å². The van der Waals surface area contributed by atoms with Gasteiger partial charge in [0, 0.05) is 11.1 Å². The van der Waals surface area contributed by atoms with Crippen LogP contribution in [0.3, 0.4) is 0 Å². The summed E-state index contributed by atoms with van der Waals surface area (Å²) in [6, 6.07) is 12.9. The predicted octanol–water partition coefficient (Wildman–Crippen LogP) is 3.64. The zero-order valence-electron chi connectivity index (χ0n) is 11.5. The Morgan fingerprint density at radius 3 is 2.71 bits per heavy atom. The number of ether oxygens (including phenoxy) is 1. The maximum Gasteiger partial charge on any atom is 0.420 e. The summed E-state index contributed by atoms with van der Waals surface area (Å²) >= 11 is 5.88. The molecule has 0 bridgehead atoms. The van der Waals surface area contributed by atoms with Gasteiger partial charge in [0.2, 0.25) is 0 Å². The summed E-state index contributed by atoms with van der Waals surface area (Å²) in [5.41, 5.74) is 2.39. The molecule has 0 radical (unpaired) electrons. The second-order valence-electron chi connectivity index (χ2n) is 4.79. The Morgan fingerprint density at radius 2 is 1.95 bits per heavy atom. The number of aromatic nitrogens is 1. The van der Waals surface area contributed by atoms with Crippen molar-refractivity contribution >= 4 is 22.7 Å². The van der Waals surface area contributed by atoms with E-state index in [1.165, 1.54) is 5.56 Å². The standard InChI is InChI=1S/C16H14ClNO3/c1-11-2-5-13(6-3-11)20-9-8-18-14-7-4-12(17)10-15(14)21-16(18)19/h2-7,10H,8-9H2,1H3. The molecule has 21 heavy (non-hydrogen) atoms. The molecule has 4 nitrogen and oxygen atoms in total. The third-order valence-corrected chi connectivity index (χ3v) is 3.47. The van der Waals surface area contributed by atoms with Crippen LogP contribution in [0, 0.1) is 6.92 Å². The summed E-state index contributed by atoms with van der Waals surface area (Å²) in [6.07, 6.45) is 0. The summed E-state index contributed by atoms with van der Waals surface area (Å²) in [5, 5.41) is 0.541. The molecule has 1 heterocycles. The molecule has 3 aromatic rings. The van der Waals surface area contributed by atoms with Crippen molar-refractivity contribution in [3.63, 3.8) is 0 Å². The van der Waals surface area contributed by atoms with Crippen LogP contribution in [0.2, 0.25) is 5.02 Å². The zero-order valence-corrected chi connectivity index (χ0v) is 12.3. The summed E-state index contributed by atoms with van der Waals surface area (Å²) in [4.78, 5) is 11.8. The molecule has 0 fully saturated rings. The summed E-state index contributed by atoms with van der Waals surface area (Å²) in [5.74, 6) is 0.379. The summed E-state index contributed by atoms with van der Waals surface area (Å²) in [7, 11) is 0. The van der Waals surface area contributed by atoms with Crippen LogP contribution in [-0.4, -0.2) is 11.2 Å². The van der Waals surface area contributed by atoms with E-state index in [1.807, 2.05) is 31.2 Å². The maximum atomic E-state index is 11.8. The van der Waals surface area contributed by atoms with Gasteiger partial charge in [0.05, 0.1) is 12.1 Å². The number of nitrogens with zero attached hydrogens (tertiary/aromatic N) is 1. The fourth-order valence-corrected chi connectivity index (χ4v) is 2.30. The molecule has 0 aliphatic rings. The van der Waals surface area contributed by atoms with Gasteiger partial charge in [-0.05, 0) is 31.2 Å². The van der Waals surface area contributed by atoms with E-state index in [9.17, 15) is 4.79 Å². The van der Waals surface area contributed by atoms with E-state index < -0.39 is 5.76 Å². The van der Waals surface area contributed by atoms with Crippen molar-refractivity contribution in [2.75, 3.05) is 6.61 Å². The van der Waals surface area contributed by atoms with Crippen LogP contribution >= 0.6 is 11.6 Å². The third kappa shape index (κ3) is 2.95. The normalized spacial score (nSPS) is 11.0. The lowest BCUT2D eigenvalue weighted by Gasteiger charge is -2.06. The molecule has 0 saturated heterocycles. The zero-order chi connectivity index (χ0) is 14.8. The minimum absolute atomic E-state index is 0.389. The quantitative estimate of drug-likeness (QED) is 0.739. The van der Waals surface area contributed by atoms with Gasteiger partial charge in [-0.1, -0.05) is 29.3 Å². The first-order valence-electron chi connectivity index (χ1n) is 6.62. The first-order valence-corrected chi connectivity index (χ1v) is 6.99. The average Bonchev–Trinajstić information content (AvgIpc) is 2.76. The Labute approximate surface area is 126 Å². The topological polar surface area (TPSA) is 44.4 Å². The fourth-order valence-electron chi connectivity index (χ4n) is 2.14. The molecule has 108 valence electrons. The minimum Gasteiger partial charge on any atom is -0.492 e. The molecule has 3 rings (SSSR count). The lowest BCUT2D eigenvalue weighted by Crippen LogP contribution is -2.18. The Morgan fingerprint density at radius 1 is 1.19 bits per heavy atom. The highest BCUT2D eigenvalue weighted by Gasteiger charge is 2.09. The van der Waals surface area contributed by atoms with E-state index in [0.717, 1.165) is 11.3 Å². The number of halogens is 1. The van der Waals surface area contributed by atoms with Gasteiger partial charge in [0.15, 0.2) is 5.58 Å². The van der Waals surface area contributed by atoms with E-state index in [4.69, 9.17) is 20.8 Å². The molecule has 1 aromatic heterocycles. The number of fused-ring (bicyclic) bond motifs is 1. The molecule has 0 N–H and O–H groups in total. The number of oxazole rings is 1. The maximum absolute atomic E-state index is 11.8. The molecule has 0 saturated carbocycles. The number of rotatable bonds is 4. The first-order chi connectivity index (χ1) is 10.1. The monoisotopic (exact) mass is 303 g/mol. The van der Waals surface area contributed by atoms with Crippen LogP contribution in [0.25, 0.3) is 11.1 Å². The summed E-state index contributed by atoms with van der Waals surface area (Å²) in [6.45, 7) is 2.83. The number of benzene rings is 2. The lowest BCUT2D eigenvalue weighted by molar-refractivity contribution is 0.294. The molecular formula is C16H14ClNO3. The minimum atomic E-state index is -0.403. The van der Waals surface area contributed by atoms with Crippen molar-refractivity contribution < 1.29 is 9.15 Å². The molecule has 2 aromatic carbocycles. The van der Waals surface area contributed by atoms with E-state index >= 15 is 0 Å². The highest BCUT2D eigenvalue weighted by atomic mass is 35.5. The molecule has 0 aliphatic carbocycles. The van der Waals surface area contributed by atoms with Crippen LogP contribution in [0.15, 0.2) is 51.7 Å². The van der Waals surface area contributed by atoms with Crippen molar-refractivity contribution in [2.45, 2.75) is 13.5 Å². The number of hydrogen-bond acceptors (Lipinski definition) is 3. The van der Waals surface area contributed by atoms with Crippen LogP contribution in [0.1, 0.15) is 5.56 Å². The van der Waals surface area contributed by atoms with E-state index in [1.54, 1.807) is 22.8 Å². The molecule has 0 unspecified atom stereocenters. The van der Waals surface area contributed by atoms with Crippen LogP contribution in [0.4, 0.5) is 0 Å². The van der Waals surface area contributed by atoms with Gasteiger partial charge in [-0.2, -0.15) is 0 Å². The van der Waals surface area contributed by atoms with Crippen molar-refractivity contribution in [3.05, 3.63) is 63.6 Å². The second kappa shape index (κ2) is 5.66. The first kappa shape index (κ1) is 13.8. The fraction of sp³-hybridized carbons (Fsp3) is 0.188. The van der Waals surface area contributed by atoms with Crippen molar-refractivity contribution in [2.24, 2.45) is 0 Å². The van der Waals surface area contributed by atoms with Gasteiger partial charge >= 0.3 is 5.76 Å². The van der Waals surface area contributed by atoms with Crippen LogP contribution in [-0.2, 0) is 6.54 Å². The van der Waals surface area contributed by atoms with Gasteiger partial charge in [-0.3, -0.25) is 4.57 Å². The van der Waals surface area contributed by atoms with Crippen molar-refractivity contribution in [1.82, 2.24) is 4.57 Å². The lowest BCUT2D eigenvalue weighted by atomic mass is 10.2. The highest BCUT2D eigenvalue weighted by Crippen LogP contribution is 2.18. The Kier molecular flexibility index (Phi) is 3.71. The average molecular weight is 304 g/mol. The van der Waals surface area contributed by atoms with Gasteiger partial charge < -0.3 is 9.15 Å². The second-order valence-corrected chi connectivity index (χ2v) is 5.23. The predicted molar refractivity (Wildman–Crippen MR) is 82.2 cm³/mol. The molecule has 5 heteroatoms. The number of hydrogen-bond donors (Lipinski definition) is 0. The molecule has 0 atom stereocenters. The molecule has 0 aliphatic heterocycles. The Hall–Kier alpha value is -2.20. The van der Waals surface area contributed by atoms with Gasteiger partial charge in [0.25, 0.3) is 0 Å². The Balaban J connectivity index is 1.75. The van der Waals surface area contributed by atoms with Gasteiger partial charge in [0.1, 0.15) is 12.4 Å². The number of aryl methyl sites for hydroxylation is 1. The van der Waals surface area contributed by atoms with Gasteiger partial charge in [-0.25, -0.2) is 4.79 Å². The summed E-state index contributed by atoms with van der Waals surface area (Å²) < 4.78 is 12.3. The smallest absolute Gasteiger partial charge is 0.420 e. The van der Waals surface area contributed by atoms with Crippen molar-refractivity contribution in [1.29, 1.82) is 0 Å². The van der Waals surface area contributed by atoms with Gasteiger partial charge in [-0.15, -0.1) is 0 Å². The van der Waals surface area contributed by atoms with Crippen molar-refractivity contribution in [3.8, 4) is 5.75 Å². The Bertz CT molecular complexity index is 818. The molecule has 0 spiro atoms. The van der Waals surface area contributed by atoms with Crippen LogP contribution < -0.4 is 10.5 Å². The van der Waals surface area contributed by atoms with E-state index in [-0.39, 0.29) is 0 Å². The SMILES string of the molecule is Cc1ccc(OCCn2c(=O)oc3cc(Cl)ccc32)cc1. The molecular weight excluding hydrogens is 290 g/mol. The largest absolute Gasteiger partial charge is 0.492 e. The van der Waals surface area contributed by atoms with E-state index in [0.29, 0.717) is 23.8 Å². The van der Waals surface area contributed by atoms with E-state index in [2.05, 4.69) is 0 Å². The molecule has 0 amide bonds. The highest BCUT2D eigenvalue weighted by molar-refractivity contribution is 6.31.